The van der Waals surface area contributed by atoms with Crippen molar-refractivity contribution >= 4 is 6.29 Å². The number of methoxy groups -OCH3 is 2. The van der Waals surface area contributed by atoms with Crippen molar-refractivity contribution in [1.29, 1.82) is 0 Å². The van der Waals surface area contributed by atoms with Crippen LogP contribution in [0.15, 0.2) is 0 Å². The summed E-state index contributed by atoms with van der Waals surface area (Å²) < 4.78 is 23.0. The molecule has 84 valence electrons. The van der Waals surface area contributed by atoms with Crippen LogP contribution < -0.4 is 0 Å². The Kier molecular flexibility index (Phi) is 4.90. The minimum Gasteiger partial charge on any atom is -0.394 e. The molecule has 0 bridgehead atoms. The van der Waals surface area contributed by atoms with Crippen molar-refractivity contribution < 1.29 is 32.3 Å². The molecular weight excluding hydrogens is 192 g/mol. The number of hydrogen-bond acceptors (Lipinski definition) is 6. The molecule has 0 saturated carbocycles. The van der Waals surface area contributed by atoms with E-state index in [-0.39, 0.29) is 0 Å². The smallest absolute Gasteiger partial charge is 0.151 e. The molecule has 0 aliphatic rings. The van der Waals surface area contributed by atoms with Gasteiger partial charge in [-0.2, -0.15) is 0 Å². The number of rotatable bonds is 7. The van der Waals surface area contributed by atoms with E-state index in [1.807, 2.05) is 0 Å². The lowest BCUT2D eigenvalue weighted by Crippen LogP contribution is -2.48. The molecule has 0 saturated heterocycles. The number of aldehydes is 1. The van der Waals surface area contributed by atoms with Gasteiger partial charge in [-0.3, -0.25) is 0 Å². The predicted octanol–water partition coefficient (Wildman–Crippen LogP) is -2.07. The first-order valence-corrected chi connectivity index (χ1v) is 3.86. The van der Waals surface area contributed by atoms with Crippen molar-refractivity contribution in [3.63, 3.8) is 0 Å². The standard InChI is InChI=1S/C8H16O6/c1-13-6(4-10)8(14-2)7(12)5(11)3-9/h4-9,11-12H,3H2,1-2H3/t5-,6+,7-,8+/m1/s1/i1D,2D. The van der Waals surface area contributed by atoms with E-state index in [1.165, 1.54) is 0 Å². The Hall–Kier alpha value is -0.530. The number of carbonyl (C=O) groups excluding carboxylic acids is 1. The van der Waals surface area contributed by atoms with Gasteiger partial charge in [0.2, 0.25) is 0 Å². The average molecular weight is 210 g/mol. The maximum absolute atomic E-state index is 10.6. The molecule has 6 nitrogen and oxygen atoms in total. The Bertz CT molecular complexity index is 193. The van der Waals surface area contributed by atoms with E-state index in [4.69, 9.17) is 12.6 Å². The second-order valence-electron chi connectivity index (χ2n) is 2.64. The molecular formula is C8H16O6. The fourth-order valence-corrected chi connectivity index (χ4v) is 0.926. The second-order valence-corrected chi connectivity index (χ2v) is 2.64. The largest absolute Gasteiger partial charge is 0.394 e. The van der Waals surface area contributed by atoms with Gasteiger partial charge in [0.1, 0.15) is 24.4 Å². The highest BCUT2D eigenvalue weighted by atomic mass is 16.5. The molecule has 0 spiro atoms. The molecule has 0 radical (unpaired) electrons. The van der Waals surface area contributed by atoms with Crippen molar-refractivity contribution in [2.24, 2.45) is 0 Å². The zero-order valence-electron chi connectivity index (χ0n) is 9.57. The number of ether oxygens (including phenoxy) is 2. The van der Waals surface area contributed by atoms with Gasteiger partial charge in [-0.15, -0.1) is 0 Å². The van der Waals surface area contributed by atoms with Crippen LogP contribution in [0.5, 0.6) is 0 Å². The molecule has 0 aliphatic carbocycles. The van der Waals surface area contributed by atoms with Crippen LogP contribution in [0.2, 0.25) is 0 Å². The summed E-state index contributed by atoms with van der Waals surface area (Å²) in [5, 5.41) is 27.3. The molecule has 0 aromatic heterocycles. The summed E-state index contributed by atoms with van der Waals surface area (Å²) >= 11 is 0. The summed E-state index contributed by atoms with van der Waals surface area (Å²) in [6.45, 7) is -0.717. The quantitative estimate of drug-likeness (QED) is 0.418. The molecule has 0 fully saturated rings. The average Bonchev–Trinajstić information content (AvgIpc) is 2.31. The van der Waals surface area contributed by atoms with E-state index in [0.29, 0.717) is 6.29 Å². The van der Waals surface area contributed by atoms with Crippen LogP contribution in [-0.4, -0.2) is 66.8 Å². The zero-order chi connectivity index (χ0) is 12.6. The highest BCUT2D eigenvalue weighted by molar-refractivity contribution is 5.57. The first kappa shape index (κ1) is 10.0. The Morgan fingerprint density at radius 3 is 2.50 bits per heavy atom. The maximum Gasteiger partial charge on any atom is 0.151 e. The molecule has 0 aliphatic heterocycles. The van der Waals surface area contributed by atoms with E-state index in [2.05, 4.69) is 4.74 Å². The number of carbonyl (C=O) groups is 1. The molecule has 3 N–H and O–H groups in total. The predicted molar refractivity (Wildman–Crippen MR) is 46.8 cm³/mol. The lowest BCUT2D eigenvalue weighted by atomic mass is 10.0. The fourth-order valence-electron chi connectivity index (χ4n) is 0.926. The van der Waals surface area contributed by atoms with Crippen LogP contribution in [-0.2, 0) is 14.3 Å². The number of aliphatic hydroxyl groups excluding tert-OH is 3. The topological polar surface area (TPSA) is 96.2 Å². The molecule has 4 atom stereocenters. The van der Waals surface area contributed by atoms with Crippen molar-refractivity contribution in [3.8, 4) is 0 Å². The molecule has 0 amide bonds. The van der Waals surface area contributed by atoms with Crippen molar-refractivity contribution in [1.82, 2.24) is 0 Å². The third-order valence-electron chi connectivity index (χ3n) is 1.76. The van der Waals surface area contributed by atoms with E-state index < -0.39 is 45.2 Å². The van der Waals surface area contributed by atoms with Gasteiger partial charge in [-0.1, -0.05) is 0 Å². The lowest BCUT2D eigenvalue weighted by Gasteiger charge is -2.27. The molecule has 14 heavy (non-hydrogen) atoms. The van der Waals surface area contributed by atoms with Gasteiger partial charge in [0.15, 0.2) is 6.29 Å². The first-order chi connectivity index (χ1) is 7.62. The Labute approximate surface area is 84.9 Å². The minimum absolute atomic E-state index is 0.308. The summed E-state index contributed by atoms with van der Waals surface area (Å²) in [5.41, 5.74) is 0. The zero-order valence-corrected chi connectivity index (χ0v) is 7.57. The van der Waals surface area contributed by atoms with Crippen molar-refractivity contribution in [2.45, 2.75) is 24.4 Å². The van der Waals surface area contributed by atoms with Crippen molar-refractivity contribution in [2.75, 3.05) is 20.8 Å². The third-order valence-corrected chi connectivity index (χ3v) is 1.76. The van der Waals surface area contributed by atoms with Crippen LogP contribution in [0, 0.1) is 0 Å². The SMILES string of the molecule is [2H]CO[C@H]([C@H](O)[C@H](O)CO)[C@H](C=O)OC[2H]. The van der Waals surface area contributed by atoms with Crippen LogP contribution in [0.3, 0.4) is 0 Å². The van der Waals surface area contributed by atoms with E-state index in [9.17, 15) is 15.0 Å². The summed E-state index contributed by atoms with van der Waals surface area (Å²) in [7, 11) is -1.07. The van der Waals surface area contributed by atoms with Gasteiger partial charge < -0.3 is 29.6 Å². The molecule has 0 aromatic carbocycles. The lowest BCUT2D eigenvalue weighted by molar-refractivity contribution is -0.148. The molecule has 0 rings (SSSR count). The normalized spacial score (nSPS) is 21.6. The summed E-state index contributed by atoms with van der Waals surface area (Å²) in [5.74, 6) is 0. The van der Waals surface area contributed by atoms with Gasteiger partial charge in [0.25, 0.3) is 0 Å². The Morgan fingerprint density at radius 1 is 1.43 bits per heavy atom. The summed E-state index contributed by atoms with van der Waals surface area (Å²) in [6.07, 6.45) is -5.32. The van der Waals surface area contributed by atoms with E-state index in [0.717, 1.165) is 0 Å². The van der Waals surface area contributed by atoms with E-state index >= 15 is 0 Å². The second kappa shape index (κ2) is 6.86. The number of hydrogen-bond donors (Lipinski definition) is 3. The van der Waals surface area contributed by atoms with Gasteiger partial charge in [-0.05, 0) is 0 Å². The van der Waals surface area contributed by atoms with E-state index in [1.54, 1.807) is 0 Å². The molecule has 0 aromatic rings. The Morgan fingerprint density at radius 2 is 2.07 bits per heavy atom. The van der Waals surface area contributed by atoms with Crippen LogP contribution in [0.1, 0.15) is 2.74 Å². The fraction of sp³-hybridized carbons (Fsp3) is 0.875. The van der Waals surface area contributed by atoms with Crippen molar-refractivity contribution in [3.05, 3.63) is 0 Å². The summed E-state index contributed by atoms with van der Waals surface area (Å²) in [6, 6.07) is 0. The maximum atomic E-state index is 10.6. The Balaban J connectivity index is 4.60. The first-order valence-electron chi connectivity index (χ1n) is 5.27. The monoisotopic (exact) mass is 210 g/mol. The van der Waals surface area contributed by atoms with Crippen LogP contribution in [0.4, 0.5) is 0 Å². The number of aliphatic hydroxyl groups is 3. The highest BCUT2D eigenvalue weighted by Gasteiger charge is 2.32. The minimum atomic E-state index is -1.57. The van der Waals surface area contributed by atoms with Gasteiger partial charge in [-0.25, -0.2) is 0 Å². The molecule has 0 unspecified atom stereocenters. The summed E-state index contributed by atoms with van der Waals surface area (Å²) in [4.78, 5) is 10.6. The molecule has 0 heterocycles. The highest BCUT2D eigenvalue weighted by Crippen LogP contribution is 2.09. The molecule has 6 heteroatoms. The van der Waals surface area contributed by atoms with Gasteiger partial charge in [0.05, 0.1) is 9.35 Å². The van der Waals surface area contributed by atoms with Crippen LogP contribution >= 0.6 is 0 Å². The van der Waals surface area contributed by atoms with Gasteiger partial charge >= 0.3 is 0 Å². The third kappa shape index (κ3) is 3.32. The van der Waals surface area contributed by atoms with Gasteiger partial charge in [0, 0.05) is 14.2 Å². The van der Waals surface area contributed by atoms with Crippen LogP contribution in [0.25, 0.3) is 0 Å².